The molecule has 0 radical (unpaired) electrons. The van der Waals surface area contributed by atoms with Crippen molar-refractivity contribution in [3.8, 4) is 0 Å². The Morgan fingerprint density at radius 1 is 1.33 bits per heavy atom. The van der Waals surface area contributed by atoms with Crippen LogP contribution in [-0.4, -0.2) is 16.1 Å². The van der Waals surface area contributed by atoms with Crippen LogP contribution in [0.2, 0.25) is 0 Å². The van der Waals surface area contributed by atoms with Crippen LogP contribution in [0.3, 0.4) is 0 Å². The van der Waals surface area contributed by atoms with Crippen molar-refractivity contribution in [2.45, 2.75) is 19.5 Å². The molecule has 4 nitrogen and oxygen atoms in total. The monoisotopic (exact) mass is 224 g/mol. The van der Waals surface area contributed by atoms with E-state index in [1.807, 2.05) is 5.43 Å². The smallest absolute Gasteiger partial charge is 0.306 e. The van der Waals surface area contributed by atoms with Gasteiger partial charge in [0.15, 0.2) is 11.6 Å². The summed E-state index contributed by atoms with van der Waals surface area (Å²) in [7, 11) is 0. The van der Waals surface area contributed by atoms with Gasteiger partial charge >= 0.3 is 6.18 Å². The van der Waals surface area contributed by atoms with E-state index < -0.39 is 30.1 Å². The van der Waals surface area contributed by atoms with Gasteiger partial charge in [-0.1, -0.05) is 0 Å². The van der Waals surface area contributed by atoms with E-state index in [-0.39, 0.29) is 5.69 Å². The van der Waals surface area contributed by atoms with Gasteiger partial charge in [-0.25, -0.2) is 20.2 Å². The molecule has 1 aromatic heterocycles. The van der Waals surface area contributed by atoms with E-state index in [1.165, 1.54) is 6.92 Å². The lowest BCUT2D eigenvalue weighted by Gasteiger charge is -2.08. The maximum atomic E-state index is 13.1. The van der Waals surface area contributed by atoms with Gasteiger partial charge in [0.2, 0.25) is 0 Å². The molecule has 15 heavy (non-hydrogen) atoms. The summed E-state index contributed by atoms with van der Waals surface area (Å²) in [6, 6.07) is 0. The summed E-state index contributed by atoms with van der Waals surface area (Å²) in [6.45, 7) is 1.23. The van der Waals surface area contributed by atoms with Gasteiger partial charge in [-0.2, -0.15) is 13.2 Å². The lowest BCUT2D eigenvalue weighted by molar-refractivity contribution is -0.128. The summed E-state index contributed by atoms with van der Waals surface area (Å²) in [5.41, 5.74) is 1.69. The normalized spacial score (nSPS) is 11.6. The molecule has 1 aromatic rings. The van der Waals surface area contributed by atoms with E-state index in [9.17, 15) is 17.6 Å². The molecule has 8 heteroatoms. The number of anilines is 1. The molecule has 0 aromatic carbocycles. The second kappa shape index (κ2) is 3.97. The zero-order valence-electron chi connectivity index (χ0n) is 7.69. The summed E-state index contributed by atoms with van der Waals surface area (Å²) in [5, 5.41) is 0. The van der Waals surface area contributed by atoms with Gasteiger partial charge in [0.25, 0.3) is 0 Å². The van der Waals surface area contributed by atoms with Crippen molar-refractivity contribution in [2.24, 2.45) is 5.84 Å². The van der Waals surface area contributed by atoms with Crippen LogP contribution in [0.15, 0.2) is 0 Å². The van der Waals surface area contributed by atoms with Crippen LogP contribution in [-0.2, 0) is 6.42 Å². The Labute approximate surface area is 82.5 Å². The van der Waals surface area contributed by atoms with Crippen molar-refractivity contribution in [1.82, 2.24) is 9.97 Å². The number of halogens is 4. The van der Waals surface area contributed by atoms with Crippen LogP contribution in [0.4, 0.5) is 23.4 Å². The number of nitrogens with two attached hydrogens (primary N) is 1. The highest BCUT2D eigenvalue weighted by Crippen LogP contribution is 2.21. The number of hydrogen-bond donors (Lipinski definition) is 2. The maximum absolute atomic E-state index is 13.1. The van der Waals surface area contributed by atoms with Crippen molar-refractivity contribution < 1.29 is 17.6 Å². The molecule has 0 unspecified atom stereocenters. The molecule has 1 rings (SSSR count). The minimum Gasteiger partial charge on any atom is -0.306 e. The lowest BCUT2D eigenvalue weighted by atomic mass is 10.3. The van der Waals surface area contributed by atoms with Crippen LogP contribution < -0.4 is 11.3 Å². The fourth-order valence-electron chi connectivity index (χ4n) is 0.971. The Morgan fingerprint density at radius 2 is 1.93 bits per heavy atom. The summed E-state index contributed by atoms with van der Waals surface area (Å²) in [6.07, 6.45) is -5.75. The molecule has 0 saturated heterocycles. The number of aromatic nitrogens is 2. The predicted molar refractivity (Wildman–Crippen MR) is 44.3 cm³/mol. The third kappa shape index (κ3) is 3.01. The van der Waals surface area contributed by atoms with Gasteiger partial charge in [-0.3, -0.25) is 0 Å². The maximum Gasteiger partial charge on any atom is 0.396 e. The molecule has 0 aliphatic heterocycles. The molecule has 0 spiro atoms. The first-order chi connectivity index (χ1) is 6.83. The third-order valence-electron chi connectivity index (χ3n) is 1.56. The second-order valence-electron chi connectivity index (χ2n) is 2.82. The van der Waals surface area contributed by atoms with Crippen LogP contribution in [0.1, 0.15) is 11.5 Å². The summed E-state index contributed by atoms with van der Waals surface area (Å²) < 4.78 is 49.0. The largest absolute Gasteiger partial charge is 0.396 e. The first-order valence-corrected chi connectivity index (χ1v) is 3.90. The topological polar surface area (TPSA) is 63.8 Å². The minimum atomic E-state index is -4.43. The first-order valence-electron chi connectivity index (χ1n) is 3.90. The fraction of sp³-hybridized carbons (Fsp3) is 0.429. The number of alkyl halides is 3. The first kappa shape index (κ1) is 11.6. The SMILES string of the molecule is Cc1nc(CC(F)(F)F)nc(NN)c1F. The summed E-state index contributed by atoms with van der Waals surface area (Å²) >= 11 is 0. The number of nitrogens with zero attached hydrogens (tertiary/aromatic N) is 2. The molecular weight excluding hydrogens is 216 g/mol. The molecular formula is C7H8F4N4. The second-order valence-corrected chi connectivity index (χ2v) is 2.82. The number of aryl methyl sites for hydroxylation is 1. The van der Waals surface area contributed by atoms with Gasteiger partial charge in [0, 0.05) is 0 Å². The number of hydrogen-bond acceptors (Lipinski definition) is 4. The zero-order valence-corrected chi connectivity index (χ0v) is 7.69. The Bertz CT molecular complexity index is 363. The number of hydrazine groups is 1. The van der Waals surface area contributed by atoms with Crippen molar-refractivity contribution in [3.63, 3.8) is 0 Å². The number of nitrogen functional groups attached to an aromatic ring is 1. The Morgan fingerprint density at radius 3 is 2.40 bits per heavy atom. The molecule has 3 N–H and O–H groups in total. The van der Waals surface area contributed by atoms with E-state index in [4.69, 9.17) is 5.84 Å². The highest BCUT2D eigenvalue weighted by atomic mass is 19.4. The summed E-state index contributed by atoms with van der Waals surface area (Å²) in [4.78, 5) is 6.66. The molecule has 0 fully saturated rings. The van der Waals surface area contributed by atoms with Crippen LogP contribution in [0, 0.1) is 12.7 Å². The highest BCUT2D eigenvalue weighted by molar-refractivity contribution is 5.36. The van der Waals surface area contributed by atoms with Gasteiger partial charge in [-0.15, -0.1) is 0 Å². The van der Waals surface area contributed by atoms with Gasteiger partial charge in [0.1, 0.15) is 12.2 Å². The van der Waals surface area contributed by atoms with Gasteiger partial charge < -0.3 is 5.43 Å². The molecule has 0 amide bonds. The van der Waals surface area contributed by atoms with Crippen molar-refractivity contribution in [3.05, 3.63) is 17.3 Å². The van der Waals surface area contributed by atoms with Crippen molar-refractivity contribution >= 4 is 5.82 Å². The predicted octanol–water partition coefficient (Wildman–Crippen LogP) is 1.31. The molecule has 84 valence electrons. The zero-order chi connectivity index (χ0) is 11.6. The number of rotatable bonds is 2. The lowest BCUT2D eigenvalue weighted by Crippen LogP contribution is -2.18. The molecule has 0 bridgehead atoms. The van der Waals surface area contributed by atoms with E-state index in [2.05, 4.69) is 9.97 Å². The van der Waals surface area contributed by atoms with Crippen molar-refractivity contribution in [1.29, 1.82) is 0 Å². The quantitative estimate of drug-likeness (QED) is 0.451. The van der Waals surface area contributed by atoms with Gasteiger partial charge in [0.05, 0.1) is 5.69 Å². The van der Waals surface area contributed by atoms with E-state index in [0.717, 1.165) is 0 Å². The molecule has 0 aliphatic rings. The third-order valence-corrected chi connectivity index (χ3v) is 1.56. The average Bonchev–Trinajstić information content (AvgIpc) is 2.08. The standard InChI is InChI=1S/C7H8F4N4/c1-3-5(8)6(15-12)14-4(13-3)2-7(9,10)11/h2,12H2,1H3,(H,13,14,15). The van der Waals surface area contributed by atoms with Crippen molar-refractivity contribution in [2.75, 3.05) is 5.43 Å². The minimum absolute atomic E-state index is 0.183. The van der Waals surface area contributed by atoms with Crippen LogP contribution in [0.25, 0.3) is 0 Å². The van der Waals surface area contributed by atoms with E-state index >= 15 is 0 Å². The Balaban J connectivity index is 3.06. The van der Waals surface area contributed by atoms with Crippen LogP contribution in [0.5, 0.6) is 0 Å². The Hall–Kier alpha value is -1.44. The van der Waals surface area contributed by atoms with Gasteiger partial charge in [-0.05, 0) is 6.92 Å². The molecule has 0 saturated carbocycles. The highest BCUT2D eigenvalue weighted by Gasteiger charge is 2.30. The summed E-state index contributed by atoms with van der Waals surface area (Å²) in [5.74, 6) is 3.07. The Kier molecular flexibility index (Phi) is 3.08. The average molecular weight is 224 g/mol. The fourth-order valence-corrected chi connectivity index (χ4v) is 0.971. The van der Waals surface area contributed by atoms with E-state index in [1.54, 1.807) is 0 Å². The molecule has 0 atom stereocenters. The molecule has 0 aliphatic carbocycles. The van der Waals surface area contributed by atoms with E-state index in [0.29, 0.717) is 0 Å². The van der Waals surface area contributed by atoms with Crippen LogP contribution >= 0.6 is 0 Å². The number of nitrogens with one attached hydrogen (secondary N) is 1. The molecule has 1 heterocycles.